The second kappa shape index (κ2) is 8.35. The first-order valence-corrected chi connectivity index (χ1v) is 10.4. The second-order valence-corrected chi connectivity index (χ2v) is 7.86. The van der Waals surface area contributed by atoms with Crippen molar-refractivity contribution in [2.45, 2.75) is 43.3 Å². The number of tetrazole rings is 1. The topological polar surface area (TPSA) is 91.2 Å². The number of thioether (sulfide) groups is 1. The van der Waals surface area contributed by atoms with Crippen LogP contribution in [0, 0.1) is 0 Å². The van der Waals surface area contributed by atoms with Gasteiger partial charge in [0, 0.05) is 12.1 Å². The van der Waals surface area contributed by atoms with Crippen molar-refractivity contribution < 1.29 is 14.3 Å². The molecule has 1 aromatic heterocycles. The first-order valence-electron chi connectivity index (χ1n) is 9.00. The lowest BCUT2D eigenvalue weighted by Crippen LogP contribution is -2.18. The van der Waals surface area contributed by atoms with E-state index in [1.165, 1.54) is 31.0 Å². The highest BCUT2D eigenvalue weighted by Gasteiger charge is 2.21. The Labute approximate surface area is 165 Å². The highest BCUT2D eigenvalue weighted by Crippen LogP contribution is 2.38. The maximum absolute atomic E-state index is 12.4. The fourth-order valence-corrected chi connectivity index (χ4v) is 4.26. The Morgan fingerprint density at radius 1 is 1.22 bits per heavy atom. The van der Waals surface area contributed by atoms with Gasteiger partial charge in [0.1, 0.15) is 13.2 Å². The number of ether oxygens (including phenoxy) is 2. The van der Waals surface area contributed by atoms with Crippen LogP contribution in [-0.2, 0) is 4.79 Å². The van der Waals surface area contributed by atoms with Gasteiger partial charge in [0.2, 0.25) is 11.1 Å². The van der Waals surface area contributed by atoms with Gasteiger partial charge in [0.15, 0.2) is 11.5 Å². The van der Waals surface area contributed by atoms with Crippen molar-refractivity contribution in [2.75, 3.05) is 24.3 Å². The molecule has 1 fully saturated rings. The molecule has 0 spiro atoms. The largest absolute Gasteiger partial charge is 0.486 e. The van der Waals surface area contributed by atoms with Gasteiger partial charge in [-0.1, -0.05) is 42.6 Å². The summed E-state index contributed by atoms with van der Waals surface area (Å²) < 4.78 is 12.9. The number of nitrogens with one attached hydrogen (secondary N) is 1. The molecule has 27 heavy (non-hydrogen) atoms. The molecule has 10 heteroatoms. The molecule has 1 aliphatic heterocycles. The van der Waals surface area contributed by atoms with E-state index in [2.05, 4.69) is 20.8 Å². The predicted octanol–water partition coefficient (Wildman–Crippen LogP) is 3.33. The summed E-state index contributed by atoms with van der Waals surface area (Å²) in [4.78, 5) is 12.4. The van der Waals surface area contributed by atoms with Crippen molar-refractivity contribution in [1.29, 1.82) is 0 Å². The molecule has 1 aliphatic carbocycles. The molecule has 0 radical (unpaired) electrons. The van der Waals surface area contributed by atoms with E-state index < -0.39 is 0 Å². The van der Waals surface area contributed by atoms with E-state index in [-0.39, 0.29) is 11.7 Å². The summed E-state index contributed by atoms with van der Waals surface area (Å²) in [6.07, 6.45) is 5.81. The van der Waals surface area contributed by atoms with E-state index >= 15 is 0 Å². The quantitative estimate of drug-likeness (QED) is 0.757. The number of rotatable bonds is 5. The number of anilines is 1. The lowest BCUT2D eigenvalue weighted by Gasteiger charge is -2.22. The van der Waals surface area contributed by atoms with Crippen molar-refractivity contribution >= 4 is 35.0 Å². The SMILES string of the molecule is O=C(CSc1nnnn1C1CCCCC1)Nc1cc2c(cc1Cl)OCCO2. The van der Waals surface area contributed by atoms with Gasteiger partial charge in [-0.05, 0) is 23.3 Å². The first-order chi connectivity index (χ1) is 13.2. The average molecular weight is 410 g/mol. The lowest BCUT2D eigenvalue weighted by atomic mass is 9.96. The number of aromatic nitrogens is 4. The number of nitrogens with zero attached hydrogens (tertiary/aromatic N) is 4. The smallest absolute Gasteiger partial charge is 0.234 e. The Morgan fingerprint density at radius 2 is 1.96 bits per heavy atom. The van der Waals surface area contributed by atoms with Gasteiger partial charge in [-0.15, -0.1) is 5.10 Å². The van der Waals surface area contributed by atoms with E-state index in [0.29, 0.717) is 46.6 Å². The maximum Gasteiger partial charge on any atom is 0.234 e. The summed E-state index contributed by atoms with van der Waals surface area (Å²) in [5.74, 6) is 1.18. The molecule has 0 unspecified atom stereocenters. The summed E-state index contributed by atoms with van der Waals surface area (Å²) >= 11 is 7.56. The number of amides is 1. The van der Waals surface area contributed by atoms with Crippen molar-refractivity contribution in [1.82, 2.24) is 20.2 Å². The van der Waals surface area contributed by atoms with Gasteiger partial charge in [-0.25, -0.2) is 4.68 Å². The van der Waals surface area contributed by atoms with Crippen LogP contribution >= 0.6 is 23.4 Å². The van der Waals surface area contributed by atoms with E-state index in [9.17, 15) is 4.79 Å². The molecule has 1 aromatic carbocycles. The summed E-state index contributed by atoms with van der Waals surface area (Å²) in [5.41, 5.74) is 0.499. The maximum atomic E-state index is 12.4. The number of carbonyl (C=O) groups excluding carboxylic acids is 1. The van der Waals surface area contributed by atoms with Gasteiger partial charge >= 0.3 is 0 Å². The van der Waals surface area contributed by atoms with E-state index in [4.69, 9.17) is 21.1 Å². The number of hydrogen-bond acceptors (Lipinski definition) is 7. The van der Waals surface area contributed by atoms with Gasteiger partial charge < -0.3 is 14.8 Å². The van der Waals surface area contributed by atoms with Crippen molar-refractivity contribution in [2.24, 2.45) is 0 Å². The van der Waals surface area contributed by atoms with Crippen molar-refractivity contribution in [3.8, 4) is 11.5 Å². The molecular formula is C17H20ClN5O3S. The summed E-state index contributed by atoms with van der Waals surface area (Å²) in [6, 6.07) is 3.67. The van der Waals surface area contributed by atoms with Crippen LogP contribution in [0.2, 0.25) is 5.02 Å². The minimum atomic E-state index is -0.184. The Morgan fingerprint density at radius 3 is 2.74 bits per heavy atom. The zero-order valence-corrected chi connectivity index (χ0v) is 16.3. The average Bonchev–Trinajstić information content (AvgIpc) is 3.16. The summed E-state index contributed by atoms with van der Waals surface area (Å²) in [5, 5.41) is 15.9. The second-order valence-electron chi connectivity index (χ2n) is 6.51. The van der Waals surface area contributed by atoms with Gasteiger partial charge in [0.05, 0.1) is 22.5 Å². The van der Waals surface area contributed by atoms with E-state index in [1.807, 2.05) is 4.68 Å². The number of benzene rings is 1. The number of hydrogen-bond donors (Lipinski definition) is 1. The Hall–Kier alpha value is -2.00. The number of halogens is 1. The Kier molecular flexibility index (Phi) is 5.68. The molecule has 144 valence electrons. The molecule has 4 rings (SSSR count). The minimum absolute atomic E-state index is 0.184. The van der Waals surface area contributed by atoms with Crippen LogP contribution < -0.4 is 14.8 Å². The standard InChI is InChI=1S/C17H20ClN5O3S/c18-12-8-14-15(26-7-6-25-14)9-13(12)19-16(24)10-27-17-20-21-22-23(17)11-4-2-1-3-5-11/h8-9,11H,1-7,10H2,(H,19,24). The lowest BCUT2D eigenvalue weighted by molar-refractivity contribution is -0.113. The van der Waals surface area contributed by atoms with Crippen LogP contribution in [0.3, 0.4) is 0 Å². The third-order valence-electron chi connectivity index (χ3n) is 4.62. The molecule has 1 amide bonds. The molecule has 0 atom stereocenters. The molecule has 2 aliphatic rings. The third-order valence-corrected chi connectivity index (χ3v) is 5.87. The fourth-order valence-electron chi connectivity index (χ4n) is 3.31. The number of carbonyl (C=O) groups is 1. The zero-order chi connectivity index (χ0) is 18.6. The first kappa shape index (κ1) is 18.4. The van der Waals surface area contributed by atoms with E-state index in [1.54, 1.807) is 12.1 Å². The van der Waals surface area contributed by atoms with Crippen molar-refractivity contribution in [3.05, 3.63) is 17.2 Å². The highest BCUT2D eigenvalue weighted by atomic mass is 35.5. The predicted molar refractivity (Wildman–Crippen MR) is 102 cm³/mol. The molecular weight excluding hydrogens is 390 g/mol. The van der Waals surface area contributed by atoms with Crippen LogP contribution in [0.5, 0.6) is 11.5 Å². The van der Waals surface area contributed by atoms with Crippen molar-refractivity contribution in [3.63, 3.8) is 0 Å². The van der Waals surface area contributed by atoms with Gasteiger partial charge in [0.25, 0.3) is 0 Å². The molecule has 2 heterocycles. The number of fused-ring (bicyclic) bond motifs is 1. The molecule has 1 N–H and O–H groups in total. The zero-order valence-electron chi connectivity index (χ0n) is 14.7. The van der Waals surface area contributed by atoms with Crippen LogP contribution in [0.4, 0.5) is 5.69 Å². The molecule has 0 saturated heterocycles. The Bertz CT molecular complexity index is 825. The molecule has 0 bridgehead atoms. The highest BCUT2D eigenvalue weighted by molar-refractivity contribution is 7.99. The molecule has 2 aromatic rings. The van der Waals surface area contributed by atoms with Gasteiger partial charge in [-0.3, -0.25) is 4.79 Å². The summed E-state index contributed by atoms with van der Waals surface area (Å²) in [7, 11) is 0. The normalized spacial score (nSPS) is 16.9. The van der Waals surface area contributed by atoms with Crippen LogP contribution in [0.15, 0.2) is 17.3 Å². The van der Waals surface area contributed by atoms with Crippen LogP contribution in [0.1, 0.15) is 38.1 Å². The fraction of sp³-hybridized carbons (Fsp3) is 0.529. The van der Waals surface area contributed by atoms with E-state index in [0.717, 1.165) is 12.8 Å². The minimum Gasteiger partial charge on any atom is -0.486 e. The van der Waals surface area contributed by atoms with Gasteiger partial charge in [-0.2, -0.15) is 0 Å². The third kappa shape index (κ3) is 4.30. The van der Waals surface area contributed by atoms with Crippen LogP contribution in [-0.4, -0.2) is 45.1 Å². The summed E-state index contributed by atoms with van der Waals surface area (Å²) in [6.45, 7) is 0.961. The molecule has 1 saturated carbocycles. The van der Waals surface area contributed by atoms with Crippen LogP contribution in [0.25, 0.3) is 0 Å². The molecule has 8 nitrogen and oxygen atoms in total. The monoisotopic (exact) mass is 409 g/mol. The Balaban J connectivity index is 1.37.